The second-order valence-electron chi connectivity index (χ2n) is 4.57. The molecule has 2 aromatic carbocycles. The van der Waals surface area contributed by atoms with Crippen molar-refractivity contribution in [2.45, 2.75) is 19.4 Å². The van der Waals surface area contributed by atoms with Gasteiger partial charge in [-0.15, -0.1) is 0 Å². The lowest BCUT2D eigenvalue weighted by Gasteiger charge is -2.13. The number of aryl methyl sites for hydroxylation is 1. The second kappa shape index (κ2) is 6.03. The zero-order chi connectivity index (χ0) is 14.7. The van der Waals surface area contributed by atoms with Gasteiger partial charge in [0.25, 0.3) is 5.69 Å². The molecule has 20 heavy (non-hydrogen) atoms. The van der Waals surface area contributed by atoms with E-state index in [0.29, 0.717) is 10.6 Å². The molecule has 1 unspecified atom stereocenters. The lowest BCUT2D eigenvalue weighted by atomic mass is 9.98. The van der Waals surface area contributed by atoms with Gasteiger partial charge in [-0.05, 0) is 29.2 Å². The Morgan fingerprint density at radius 3 is 2.40 bits per heavy atom. The zero-order valence-corrected chi connectivity index (χ0v) is 11.8. The summed E-state index contributed by atoms with van der Waals surface area (Å²) in [6.45, 7) is 2.08. The third-order valence-electron chi connectivity index (χ3n) is 3.22. The van der Waals surface area contributed by atoms with Gasteiger partial charge in [-0.1, -0.05) is 42.8 Å². The molecule has 0 aromatic heterocycles. The Labute approximate surface area is 122 Å². The molecule has 0 heterocycles. The molecule has 4 nitrogen and oxygen atoms in total. The van der Waals surface area contributed by atoms with Gasteiger partial charge in [-0.25, -0.2) is 0 Å². The number of non-ortho nitro benzene ring substituents is 1. The minimum absolute atomic E-state index is 0.0480. The van der Waals surface area contributed by atoms with Gasteiger partial charge in [0.1, 0.15) is 0 Å². The smallest absolute Gasteiger partial charge is 0.271 e. The van der Waals surface area contributed by atoms with Crippen LogP contribution >= 0.6 is 11.6 Å². The molecule has 0 saturated carbocycles. The number of hydrogen-bond donors (Lipinski definition) is 1. The summed E-state index contributed by atoms with van der Waals surface area (Å²) in [5.41, 5.74) is 8.87. The molecular weight excluding hydrogens is 276 g/mol. The van der Waals surface area contributed by atoms with E-state index < -0.39 is 11.0 Å². The summed E-state index contributed by atoms with van der Waals surface area (Å²) in [4.78, 5) is 10.4. The standard InChI is InChI=1S/C15H15ClN2O2/c1-2-10-3-5-11(6-4-10)15(17)12-7-13(16)9-14(8-12)18(19)20/h3-9,15H,2,17H2,1H3. The lowest BCUT2D eigenvalue weighted by molar-refractivity contribution is -0.384. The first-order valence-corrected chi connectivity index (χ1v) is 6.68. The van der Waals surface area contributed by atoms with Crippen LogP contribution in [0.1, 0.15) is 29.7 Å². The Hall–Kier alpha value is -1.91. The molecule has 2 rings (SSSR count). The van der Waals surface area contributed by atoms with Crippen LogP contribution in [0.3, 0.4) is 0 Å². The largest absolute Gasteiger partial charge is 0.320 e. The van der Waals surface area contributed by atoms with E-state index in [1.54, 1.807) is 6.07 Å². The highest BCUT2D eigenvalue weighted by molar-refractivity contribution is 6.30. The molecular formula is C15H15ClN2O2. The highest BCUT2D eigenvalue weighted by Gasteiger charge is 2.15. The molecule has 0 aliphatic rings. The molecule has 0 aliphatic heterocycles. The van der Waals surface area contributed by atoms with E-state index in [9.17, 15) is 10.1 Å². The average molecular weight is 291 g/mol. The Kier molecular flexibility index (Phi) is 4.37. The Bertz CT molecular complexity index is 626. The van der Waals surface area contributed by atoms with Crippen LogP contribution < -0.4 is 5.73 Å². The van der Waals surface area contributed by atoms with Crippen LogP contribution in [0.2, 0.25) is 5.02 Å². The molecule has 104 valence electrons. The molecule has 5 heteroatoms. The van der Waals surface area contributed by atoms with Crippen molar-refractivity contribution < 1.29 is 4.92 Å². The van der Waals surface area contributed by atoms with Gasteiger partial charge >= 0.3 is 0 Å². The van der Waals surface area contributed by atoms with Crippen molar-refractivity contribution in [1.82, 2.24) is 0 Å². The molecule has 0 saturated heterocycles. The summed E-state index contributed by atoms with van der Waals surface area (Å²) >= 11 is 5.91. The lowest BCUT2D eigenvalue weighted by Crippen LogP contribution is -2.12. The topological polar surface area (TPSA) is 69.2 Å². The summed E-state index contributed by atoms with van der Waals surface area (Å²) in [7, 11) is 0. The van der Waals surface area contributed by atoms with Crippen molar-refractivity contribution in [1.29, 1.82) is 0 Å². The van der Waals surface area contributed by atoms with Crippen LogP contribution in [0, 0.1) is 10.1 Å². The SMILES string of the molecule is CCc1ccc(C(N)c2cc(Cl)cc([N+](=O)[O-])c2)cc1. The van der Waals surface area contributed by atoms with Crippen molar-refractivity contribution in [3.05, 3.63) is 74.3 Å². The number of hydrogen-bond acceptors (Lipinski definition) is 3. The normalized spacial score (nSPS) is 12.2. The highest BCUT2D eigenvalue weighted by Crippen LogP contribution is 2.27. The Morgan fingerprint density at radius 1 is 1.20 bits per heavy atom. The van der Waals surface area contributed by atoms with E-state index in [1.807, 2.05) is 24.3 Å². The molecule has 1 atom stereocenters. The van der Waals surface area contributed by atoms with Gasteiger partial charge in [0, 0.05) is 17.2 Å². The molecule has 0 aliphatic carbocycles. The molecule has 0 spiro atoms. The van der Waals surface area contributed by atoms with E-state index in [1.165, 1.54) is 17.7 Å². The van der Waals surface area contributed by atoms with Crippen LogP contribution in [-0.4, -0.2) is 4.92 Å². The molecule has 0 bridgehead atoms. The summed E-state index contributed by atoms with van der Waals surface area (Å²) in [5, 5.41) is 11.2. The number of rotatable bonds is 4. The van der Waals surface area contributed by atoms with E-state index in [2.05, 4.69) is 6.92 Å². The Morgan fingerprint density at radius 2 is 1.85 bits per heavy atom. The number of nitro benzene ring substituents is 1. The number of benzene rings is 2. The van der Waals surface area contributed by atoms with E-state index >= 15 is 0 Å². The third kappa shape index (κ3) is 3.15. The molecule has 2 aromatic rings. The van der Waals surface area contributed by atoms with Crippen molar-refractivity contribution >= 4 is 17.3 Å². The van der Waals surface area contributed by atoms with Crippen molar-refractivity contribution in [2.24, 2.45) is 5.73 Å². The maximum atomic E-state index is 10.9. The van der Waals surface area contributed by atoms with Crippen LogP contribution in [0.15, 0.2) is 42.5 Å². The maximum Gasteiger partial charge on any atom is 0.271 e. The molecule has 0 fully saturated rings. The number of nitrogens with zero attached hydrogens (tertiary/aromatic N) is 1. The van der Waals surface area contributed by atoms with Gasteiger partial charge < -0.3 is 5.73 Å². The first-order chi connectivity index (χ1) is 9.51. The minimum atomic E-state index is -0.470. The molecule has 0 amide bonds. The van der Waals surface area contributed by atoms with E-state index in [-0.39, 0.29) is 5.69 Å². The predicted octanol–water partition coefficient (Wildman–Crippen LogP) is 3.86. The Balaban J connectivity index is 2.36. The summed E-state index contributed by atoms with van der Waals surface area (Å²) < 4.78 is 0. The monoisotopic (exact) mass is 290 g/mol. The van der Waals surface area contributed by atoms with Crippen LogP contribution in [0.5, 0.6) is 0 Å². The zero-order valence-electron chi connectivity index (χ0n) is 11.0. The second-order valence-corrected chi connectivity index (χ2v) is 5.01. The van der Waals surface area contributed by atoms with Gasteiger partial charge in [0.2, 0.25) is 0 Å². The quantitative estimate of drug-likeness (QED) is 0.686. The summed E-state index contributed by atoms with van der Waals surface area (Å²) in [5.74, 6) is 0. The fourth-order valence-corrected chi connectivity index (χ4v) is 2.27. The van der Waals surface area contributed by atoms with Crippen LogP contribution in [0.25, 0.3) is 0 Å². The predicted molar refractivity (Wildman–Crippen MR) is 80.0 cm³/mol. The van der Waals surface area contributed by atoms with Gasteiger partial charge in [-0.2, -0.15) is 0 Å². The maximum absolute atomic E-state index is 10.9. The molecule has 0 radical (unpaired) electrons. The molecule has 2 N–H and O–H groups in total. The van der Waals surface area contributed by atoms with Crippen molar-refractivity contribution in [3.8, 4) is 0 Å². The number of nitro groups is 1. The van der Waals surface area contributed by atoms with E-state index in [0.717, 1.165) is 12.0 Å². The summed E-state index contributed by atoms with van der Waals surface area (Å²) in [6, 6.07) is 11.9. The third-order valence-corrected chi connectivity index (χ3v) is 3.44. The first-order valence-electron chi connectivity index (χ1n) is 6.30. The van der Waals surface area contributed by atoms with Crippen molar-refractivity contribution in [2.75, 3.05) is 0 Å². The van der Waals surface area contributed by atoms with Crippen LogP contribution in [-0.2, 0) is 6.42 Å². The highest BCUT2D eigenvalue weighted by atomic mass is 35.5. The van der Waals surface area contributed by atoms with E-state index in [4.69, 9.17) is 17.3 Å². The minimum Gasteiger partial charge on any atom is -0.320 e. The van der Waals surface area contributed by atoms with Crippen molar-refractivity contribution in [3.63, 3.8) is 0 Å². The van der Waals surface area contributed by atoms with Crippen LogP contribution in [0.4, 0.5) is 5.69 Å². The average Bonchev–Trinajstić information content (AvgIpc) is 2.46. The number of nitrogens with two attached hydrogens (primary N) is 1. The number of halogens is 1. The summed E-state index contributed by atoms with van der Waals surface area (Å²) in [6.07, 6.45) is 0.957. The fourth-order valence-electron chi connectivity index (χ4n) is 2.03. The van der Waals surface area contributed by atoms with Gasteiger partial charge in [-0.3, -0.25) is 10.1 Å². The first kappa shape index (κ1) is 14.5. The fraction of sp³-hybridized carbons (Fsp3) is 0.200. The van der Waals surface area contributed by atoms with Gasteiger partial charge in [0.05, 0.1) is 11.0 Å². The van der Waals surface area contributed by atoms with Gasteiger partial charge in [0.15, 0.2) is 0 Å².